The summed E-state index contributed by atoms with van der Waals surface area (Å²) in [5.74, 6) is 7.58. The average molecular weight is 971 g/mol. The second kappa shape index (κ2) is 10.7. The lowest BCUT2D eigenvalue weighted by Crippen LogP contribution is -2.71. The van der Waals surface area contributed by atoms with Crippen LogP contribution in [0, 0.1) is 0 Å². The Morgan fingerprint density at radius 1 is 0.250 bits per heavy atom. The number of aliphatic imine (C=N–C) groups is 4. The van der Waals surface area contributed by atoms with Gasteiger partial charge >= 0.3 is 11.8 Å². The van der Waals surface area contributed by atoms with E-state index in [1.54, 1.807) is 0 Å². The Labute approximate surface area is 423 Å². The van der Waals surface area contributed by atoms with Gasteiger partial charge < -0.3 is 0 Å². The summed E-state index contributed by atoms with van der Waals surface area (Å²) in [7, 11) is 0. The zero-order valence-electron chi connectivity index (χ0n) is 39.2. The maximum absolute atomic E-state index is 5.84. The molecule has 0 bridgehead atoms. The van der Waals surface area contributed by atoms with E-state index in [4.69, 9.17) is 39.9 Å². The lowest BCUT2D eigenvalue weighted by atomic mass is 9.98. The molecule has 12 aliphatic rings. The van der Waals surface area contributed by atoms with Gasteiger partial charge in [-0.15, -0.1) is 18.3 Å². The summed E-state index contributed by atoms with van der Waals surface area (Å²) in [6, 6.07) is 56.0. The van der Waals surface area contributed by atoms with Crippen molar-refractivity contribution in [3.05, 3.63) is 224 Å². The first-order valence-corrected chi connectivity index (χ1v) is 25.6. The van der Waals surface area contributed by atoms with E-state index in [1.165, 1.54) is 0 Å². The summed E-state index contributed by atoms with van der Waals surface area (Å²) in [6.45, 7) is 0. The van der Waals surface area contributed by atoms with E-state index in [0.29, 0.717) is 0 Å². The van der Waals surface area contributed by atoms with Crippen molar-refractivity contribution >= 4 is 113 Å². The molecule has 0 aliphatic carbocycles. The summed E-state index contributed by atoms with van der Waals surface area (Å²) >= 11 is 0. The van der Waals surface area contributed by atoms with Gasteiger partial charge in [0, 0.05) is 43.1 Å². The molecule has 0 saturated carbocycles. The van der Waals surface area contributed by atoms with E-state index in [2.05, 4.69) is 194 Å². The van der Waals surface area contributed by atoms with Gasteiger partial charge in [0.15, 0.2) is 0 Å². The van der Waals surface area contributed by atoms with E-state index in [-0.39, 0.29) is 0 Å². The molecular formula is C60H26N16+4. The number of amidine groups is 8. The molecule has 0 saturated heterocycles. The van der Waals surface area contributed by atoms with E-state index < -0.39 is 11.8 Å². The fourth-order valence-corrected chi connectivity index (χ4v) is 15.3. The first-order valence-electron chi connectivity index (χ1n) is 25.6. The van der Waals surface area contributed by atoms with Crippen molar-refractivity contribution < 1.29 is 18.3 Å². The van der Waals surface area contributed by atoms with Gasteiger partial charge in [0.25, 0.3) is 46.7 Å². The van der Waals surface area contributed by atoms with Crippen LogP contribution in [0.5, 0.6) is 0 Å². The minimum atomic E-state index is -1.14. The molecule has 342 valence electrons. The molecule has 0 radical (unpaired) electrons. The Morgan fingerprint density at radius 3 is 0.855 bits per heavy atom. The van der Waals surface area contributed by atoms with Gasteiger partial charge in [0.05, 0.1) is 44.5 Å². The zero-order chi connectivity index (χ0) is 48.1. The molecule has 0 amide bonds. The van der Waals surface area contributed by atoms with Crippen molar-refractivity contribution in [2.45, 2.75) is 11.8 Å². The molecule has 23 rings (SSSR count). The number of benzene rings is 7. The van der Waals surface area contributed by atoms with Crippen molar-refractivity contribution in [3.8, 4) is 0 Å². The van der Waals surface area contributed by atoms with Crippen molar-refractivity contribution in [2.24, 2.45) is 39.9 Å². The molecule has 7 aromatic carbocycles. The van der Waals surface area contributed by atoms with Crippen LogP contribution in [-0.4, -0.2) is 83.3 Å². The molecule has 4 aromatic heterocycles. The van der Waals surface area contributed by atoms with Crippen LogP contribution in [0.2, 0.25) is 0 Å². The molecule has 76 heavy (non-hydrogen) atoms. The van der Waals surface area contributed by atoms with Gasteiger partial charge in [0.2, 0.25) is 45.2 Å². The van der Waals surface area contributed by atoms with E-state index in [1.807, 2.05) is 0 Å². The Kier molecular flexibility index (Phi) is 4.97. The van der Waals surface area contributed by atoms with Crippen molar-refractivity contribution in [1.29, 1.82) is 0 Å². The molecule has 2 spiro atoms. The molecule has 12 aliphatic heterocycles. The maximum Gasteiger partial charge on any atom is 0.404 e. The molecule has 16 nitrogen and oxygen atoms in total. The summed E-state index contributed by atoms with van der Waals surface area (Å²) in [5.41, 5.74) is 11.3. The summed E-state index contributed by atoms with van der Waals surface area (Å²) in [4.78, 5) is 45.9. The third kappa shape index (κ3) is 3.14. The molecule has 16 heterocycles. The number of fused-ring (bicyclic) bond motifs is 24. The molecule has 2 unspecified atom stereocenters. The number of hydrogen-bond acceptors (Lipinski definition) is 8. The van der Waals surface area contributed by atoms with Crippen LogP contribution >= 0.6 is 0 Å². The molecule has 16 heteroatoms. The highest BCUT2D eigenvalue weighted by Crippen LogP contribution is 2.56. The summed E-state index contributed by atoms with van der Waals surface area (Å²) in [6.07, 6.45) is 0. The summed E-state index contributed by atoms with van der Waals surface area (Å²) in [5, 5.41) is 8.20. The molecule has 2 atom stereocenters. The number of aromatic nitrogens is 4. The van der Waals surface area contributed by atoms with Crippen LogP contribution in [0.25, 0.3) is 43.1 Å². The average Bonchev–Trinajstić information content (AvgIpc) is 4.07. The van der Waals surface area contributed by atoms with E-state index in [0.717, 1.165) is 180 Å². The zero-order valence-corrected chi connectivity index (χ0v) is 39.2. The SMILES string of the molecule is c1ccc2c(c1)C1=Nc3c4ccccc4c4n3C35n6c(c7ccccc7c6=NC6=[N+]3C(=N4)c3cc4c(cc36)C3=[N+]6C4=Nc4c7ccccc7c7n4C64n6c(c8ccccc8c6=N3)=NC3=[N+]4C(=N7)c4ccccc43)=NC2=[N+]15. The number of rotatable bonds is 0. The van der Waals surface area contributed by atoms with Crippen molar-refractivity contribution in [2.75, 3.05) is 0 Å². The van der Waals surface area contributed by atoms with Gasteiger partial charge in [-0.3, -0.25) is 0 Å². The van der Waals surface area contributed by atoms with Gasteiger partial charge in [-0.05, 0) is 84.9 Å². The predicted molar refractivity (Wildman–Crippen MR) is 281 cm³/mol. The van der Waals surface area contributed by atoms with Crippen LogP contribution in [-0.2, 0) is 11.8 Å². The van der Waals surface area contributed by atoms with Gasteiger partial charge in [0.1, 0.15) is 0 Å². The highest BCUT2D eigenvalue weighted by atomic mass is 15.7. The predicted octanol–water partition coefficient (Wildman–Crippen LogP) is 5.73. The third-order valence-corrected chi connectivity index (χ3v) is 18.1. The smallest absolute Gasteiger partial charge is 0.192 e. The monoisotopic (exact) mass is 970 g/mol. The largest absolute Gasteiger partial charge is 0.404 e. The molecule has 11 aromatic rings. The van der Waals surface area contributed by atoms with Crippen LogP contribution in [0.15, 0.2) is 198 Å². The Morgan fingerprint density at radius 2 is 0.513 bits per heavy atom. The molecule has 0 N–H and O–H groups in total. The normalized spacial score (nSPS) is 21.8. The van der Waals surface area contributed by atoms with E-state index in [9.17, 15) is 0 Å². The highest BCUT2D eigenvalue weighted by Gasteiger charge is 2.72. The van der Waals surface area contributed by atoms with E-state index >= 15 is 0 Å². The lowest BCUT2D eigenvalue weighted by molar-refractivity contribution is -0.790. The second-order valence-electron chi connectivity index (χ2n) is 21.2. The standard InChI is InChI=1S/C60H26N16/c1-2-14-28-27(13-1)43-61-47-31-17-5-9-21-35(31)51-65-55-39-25-41-42(26-40(39)56-66-52-36-22-10-6-18-32(36)48-62-44(28)69(43)59(71(47)51,72(48)52)75(55)56)58-68-54-38-24-12-8-20-34(38)50-64-46-30-16-4-3-15-29(30)45-63-49-33-19-7-11-23-37(33)53-67-57(41)76(58)60(70(45)46,73(49)53)74(50)54/h1-26H/q+4. The van der Waals surface area contributed by atoms with Crippen LogP contribution < -0.4 is 22.0 Å². The van der Waals surface area contributed by atoms with Crippen LogP contribution in [0.3, 0.4) is 0 Å². The van der Waals surface area contributed by atoms with Gasteiger partial charge in [-0.25, -0.2) is 0 Å². The maximum atomic E-state index is 5.84. The number of hydrogen-bond donors (Lipinski definition) is 0. The van der Waals surface area contributed by atoms with Gasteiger partial charge in [-0.1, -0.05) is 113 Å². The Hall–Kier alpha value is -10.7. The third-order valence-electron chi connectivity index (χ3n) is 18.1. The fourth-order valence-electron chi connectivity index (χ4n) is 15.3. The number of nitrogens with zero attached hydrogens (tertiary/aromatic N) is 16. The lowest BCUT2D eigenvalue weighted by Gasteiger charge is -2.40. The quantitative estimate of drug-likeness (QED) is 0.172. The minimum absolute atomic E-state index is 0.790. The minimum Gasteiger partial charge on any atom is -0.192 e. The molecular weight excluding hydrogens is 945 g/mol. The Bertz CT molecular complexity index is 5370. The van der Waals surface area contributed by atoms with Crippen molar-refractivity contribution in [3.63, 3.8) is 0 Å². The second-order valence-corrected chi connectivity index (χ2v) is 21.2. The first-order chi connectivity index (χ1) is 37.7. The highest BCUT2D eigenvalue weighted by molar-refractivity contribution is 6.25. The first kappa shape index (κ1) is 35.4. The summed E-state index contributed by atoms with van der Waals surface area (Å²) < 4.78 is 18.9. The van der Waals surface area contributed by atoms with Crippen molar-refractivity contribution in [1.82, 2.24) is 18.3 Å². The van der Waals surface area contributed by atoms with Crippen LogP contribution in [0.1, 0.15) is 44.5 Å². The fraction of sp³-hybridized carbons (Fsp3) is 0.0333. The Balaban J connectivity index is 0.905. The van der Waals surface area contributed by atoms with Crippen LogP contribution in [0.4, 0.5) is 23.3 Å². The van der Waals surface area contributed by atoms with Gasteiger partial charge in [-0.2, -0.15) is 18.3 Å². The molecule has 0 fully saturated rings. The topological polar surface area (TPSA) is 131 Å².